The highest BCUT2D eigenvalue weighted by molar-refractivity contribution is 5.73. The first kappa shape index (κ1) is 23.1. The minimum Gasteiger partial charge on any atom is -0.337 e. The topological polar surface area (TPSA) is 6.48 Å². The van der Waals surface area contributed by atoms with Crippen LogP contribution >= 0.6 is 0 Å². The highest BCUT2D eigenvalue weighted by atomic mass is 15.2. The van der Waals surface area contributed by atoms with E-state index in [0.717, 1.165) is 6.42 Å². The van der Waals surface area contributed by atoms with Gasteiger partial charge >= 0.3 is 0 Å². The third kappa shape index (κ3) is 3.61. The Morgan fingerprint density at radius 1 is 0.615 bits per heavy atom. The standard InChI is InChI=1S/C37H36N2/c1-25-9-8-13-33-32-12-4-7-16-36(32)39(37(25)33)29-23-19-27(20-24-29)26-17-21-28(22-18-26)38-34-14-5-2-10-30(34)31-11-3-6-15-35(31)38/h2,5-8,10,13-25,30,33-34,37H,3-4,9,11-12H2,1H3. The molecule has 2 aliphatic heterocycles. The third-order valence-electron chi connectivity index (χ3n) is 9.82. The van der Waals surface area contributed by atoms with Crippen LogP contribution in [-0.2, 0) is 0 Å². The van der Waals surface area contributed by atoms with E-state index in [4.69, 9.17) is 0 Å². The van der Waals surface area contributed by atoms with Crippen LogP contribution in [0.3, 0.4) is 0 Å². The van der Waals surface area contributed by atoms with Gasteiger partial charge in [0.2, 0.25) is 0 Å². The van der Waals surface area contributed by atoms with E-state index in [-0.39, 0.29) is 0 Å². The molecule has 6 aliphatic rings. The van der Waals surface area contributed by atoms with Crippen molar-refractivity contribution in [3.8, 4) is 11.1 Å². The Labute approximate surface area is 232 Å². The fourth-order valence-electron chi connectivity index (χ4n) is 8.00. The maximum absolute atomic E-state index is 2.65. The summed E-state index contributed by atoms with van der Waals surface area (Å²) in [5, 5.41) is 0. The van der Waals surface area contributed by atoms with Gasteiger partial charge in [-0.3, -0.25) is 0 Å². The van der Waals surface area contributed by atoms with Crippen molar-refractivity contribution in [1.82, 2.24) is 0 Å². The SMILES string of the molecule is CC1CC=CC2C3=C(C=CCC3)N(c3ccc(-c4ccc(N5C6=C(CCC=C6)C6C=CC=CC65)cc4)cc3)C12. The van der Waals surface area contributed by atoms with Crippen molar-refractivity contribution in [2.45, 2.75) is 51.1 Å². The van der Waals surface area contributed by atoms with Crippen molar-refractivity contribution in [3.05, 3.63) is 132 Å². The molecule has 2 aromatic rings. The fourth-order valence-corrected chi connectivity index (χ4v) is 8.00. The summed E-state index contributed by atoms with van der Waals surface area (Å²) in [7, 11) is 0. The Hall–Kier alpha value is -3.78. The van der Waals surface area contributed by atoms with Crippen molar-refractivity contribution < 1.29 is 0 Å². The van der Waals surface area contributed by atoms with Crippen LogP contribution in [0, 0.1) is 17.8 Å². The number of allylic oxidation sites excluding steroid dienone is 7. The maximum Gasteiger partial charge on any atom is 0.0626 e. The third-order valence-corrected chi connectivity index (χ3v) is 9.82. The van der Waals surface area contributed by atoms with E-state index in [1.54, 1.807) is 11.1 Å². The van der Waals surface area contributed by atoms with E-state index in [2.05, 4.69) is 126 Å². The predicted molar refractivity (Wildman–Crippen MR) is 163 cm³/mol. The quantitative estimate of drug-likeness (QED) is 0.382. The second-order valence-electron chi connectivity index (χ2n) is 12.0. The van der Waals surface area contributed by atoms with E-state index in [1.807, 2.05) is 0 Å². The molecule has 5 atom stereocenters. The normalized spacial score (nSPS) is 30.1. The summed E-state index contributed by atoms with van der Waals surface area (Å²) in [6.45, 7) is 2.43. The number of benzene rings is 2. The van der Waals surface area contributed by atoms with Crippen molar-refractivity contribution in [2.24, 2.45) is 17.8 Å². The molecule has 2 nitrogen and oxygen atoms in total. The largest absolute Gasteiger partial charge is 0.337 e. The summed E-state index contributed by atoms with van der Waals surface area (Å²) >= 11 is 0. The predicted octanol–water partition coefficient (Wildman–Crippen LogP) is 8.89. The lowest BCUT2D eigenvalue weighted by Crippen LogP contribution is -2.40. The van der Waals surface area contributed by atoms with Gasteiger partial charge in [0.1, 0.15) is 0 Å². The average molecular weight is 509 g/mol. The molecule has 0 amide bonds. The van der Waals surface area contributed by atoms with Crippen molar-refractivity contribution in [2.75, 3.05) is 9.80 Å². The lowest BCUT2D eigenvalue weighted by atomic mass is 9.79. The van der Waals surface area contributed by atoms with E-state index < -0.39 is 0 Å². The minimum absolute atomic E-state index is 0.391. The molecule has 8 rings (SSSR count). The summed E-state index contributed by atoms with van der Waals surface area (Å²) in [6, 6.07) is 19.5. The zero-order valence-electron chi connectivity index (χ0n) is 22.7. The summed E-state index contributed by atoms with van der Waals surface area (Å²) in [4.78, 5) is 5.20. The molecule has 5 unspecified atom stereocenters. The Bertz CT molecular complexity index is 1510. The van der Waals surface area contributed by atoms with Gasteiger partial charge in [-0.05, 0) is 96.7 Å². The van der Waals surface area contributed by atoms with E-state index in [1.165, 1.54) is 59.6 Å². The van der Waals surface area contributed by atoms with Crippen molar-refractivity contribution >= 4 is 11.4 Å². The zero-order chi connectivity index (χ0) is 25.9. The molecule has 4 aliphatic carbocycles. The molecule has 0 bridgehead atoms. The van der Waals surface area contributed by atoms with Crippen LogP contribution in [0.4, 0.5) is 11.4 Å². The number of hydrogen-bond donors (Lipinski definition) is 0. The molecule has 0 radical (unpaired) electrons. The lowest BCUT2D eigenvalue weighted by Gasteiger charge is -2.37. The molecule has 194 valence electrons. The van der Waals surface area contributed by atoms with Crippen LogP contribution in [0.1, 0.15) is 39.0 Å². The number of anilines is 2. The van der Waals surface area contributed by atoms with Gasteiger partial charge < -0.3 is 9.80 Å². The highest BCUT2D eigenvalue weighted by Gasteiger charge is 2.43. The highest BCUT2D eigenvalue weighted by Crippen LogP contribution is 2.48. The molecular weight excluding hydrogens is 472 g/mol. The molecule has 0 spiro atoms. The van der Waals surface area contributed by atoms with E-state index in [9.17, 15) is 0 Å². The van der Waals surface area contributed by atoms with E-state index in [0.29, 0.717) is 29.8 Å². The molecule has 0 saturated carbocycles. The first-order chi connectivity index (χ1) is 19.3. The second kappa shape index (κ2) is 9.16. The molecule has 2 aromatic carbocycles. The summed E-state index contributed by atoms with van der Waals surface area (Å²) in [5.41, 5.74) is 11.3. The first-order valence-corrected chi connectivity index (χ1v) is 14.9. The van der Waals surface area contributed by atoms with Crippen LogP contribution in [-0.4, -0.2) is 12.1 Å². The van der Waals surface area contributed by atoms with Gasteiger partial charge in [0.25, 0.3) is 0 Å². The van der Waals surface area contributed by atoms with Gasteiger partial charge in [-0.15, -0.1) is 0 Å². The summed E-state index contributed by atoms with van der Waals surface area (Å²) in [6.07, 6.45) is 29.4. The van der Waals surface area contributed by atoms with Crippen LogP contribution in [0.15, 0.2) is 132 Å². The fraction of sp³-hybridized carbons (Fsp3) is 0.297. The number of hydrogen-bond acceptors (Lipinski definition) is 2. The molecular formula is C37H36N2. The number of nitrogens with zero attached hydrogens (tertiary/aromatic N) is 2. The van der Waals surface area contributed by atoms with Crippen LogP contribution in [0.5, 0.6) is 0 Å². The Kier molecular flexibility index (Phi) is 5.43. The van der Waals surface area contributed by atoms with Gasteiger partial charge in [-0.2, -0.15) is 0 Å². The minimum atomic E-state index is 0.391. The molecule has 2 heterocycles. The Morgan fingerprint density at radius 2 is 1.21 bits per heavy atom. The van der Waals surface area contributed by atoms with Gasteiger partial charge in [-0.1, -0.05) is 79.8 Å². The van der Waals surface area contributed by atoms with Crippen LogP contribution in [0.25, 0.3) is 11.1 Å². The van der Waals surface area contributed by atoms with Gasteiger partial charge in [0.05, 0.1) is 6.04 Å². The van der Waals surface area contributed by atoms with Gasteiger partial charge in [-0.25, -0.2) is 0 Å². The van der Waals surface area contributed by atoms with Crippen LogP contribution < -0.4 is 9.80 Å². The van der Waals surface area contributed by atoms with Gasteiger partial charge in [0, 0.05) is 40.6 Å². The van der Waals surface area contributed by atoms with Crippen molar-refractivity contribution in [1.29, 1.82) is 0 Å². The average Bonchev–Trinajstić information content (AvgIpc) is 3.52. The molecule has 0 N–H and O–H groups in total. The second-order valence-corrected chi connectivity index (χ2v) is 12.0. The number of rotatable bonds is 3. The summed E-state index contributed by atoms with van der Waals surface area (Å²) in [5.74, 6) is 1.72. The first-order valence-electron chi connectivity index (χ1n) is 14.9. The molecule has 39 heavy (non-hydrogen) atoms. The lowest BCUT2D eigenvalue weighted by molar-refractivity contribution is 0.394. The molecule has 0 saturated heterocycles. The Morgan fingerprint density at radius 3 is 1.90 bits per heavy atom. The smallest absolute Gasteiger partial charge is 0.0626 e. The maximum atomic E-state index is 2.65. The van der Waals surface area contributed by atoms with E-state index >= 15 is 0 Å². The molecule has 2 heteroatoms. The van der Waals surface area contributed by atoms with Crippen molar-refractivity contribution in [3.63, 3.8) is 0 Å². The number of fused-ring (bicyclic) bond motifs is 4. The van der Waals surface area contributed by atoms with Crippen LogP contribution in [0.2, 0.25) is 0 Å². The molecule has 0 fully saturated rings. The Balaban J connectivity index is 1.08. The monoisotopic (exact) mass is 508 g/mol. The van der Waals surface area contributed by atoms with Gasteiger partial charge in [0.15, 0.2) is 0 Å². The zero-order valence-corrected chi connectivity index (χ0v) is 22.7. The summed E-state index contributed by atoms with van der Waals surface area (Å²) < 4.78 is 0. The molecule has 0 aromatic heterocycles.